The number of aromatic amines is 1. The SMILES string of the molecule is Cn1nc(C(=O)NCc2ccc(C(=O)O)cc2)cc1-c1ccc2[nH]c(CO)cc2c1. The van der Waals surface area contributed by atoms with Gasteiger partial charge in [0.2, 0.25) is 0 Å². The van der Waals surface area contributed by atoms with Crippen LogP contribution in [0.25, 0.3) is 22.2 Å². The van der Waals surface area contributed by atoms with E-state index in [4.69, 9.17) is 5.11 Å². The number of carboxylic acids is 1. The number of nitrogens with one attached hydrogen (secondary N) is 2. The minimum atomic E-state index is -0.989. The van der Waals surface area contributed by atoms with E-state index in [1.165, 1.54) is 12.1 Å². The van der Waals surface area contributed by atoms with Crippen molar-refractivity contribution < 1.29 is 19.8 Å². The zero-order chi connectivity index (χ0) is 21.3. The first-order valence-corrected chi connectivity index (χ1v) is 9.32. The molecule has 2 heterocycles. The molecule has 4 rings (SSSR count). The number of aromatic nitrogens is 3. The number of hydrogen-bond donors (Lipinski definition) is 4. The molecular formula is C22H20N4O4. The van der Waals surface area contributed by atoms with Gasteiger partial charge in [0.1, 0.15) is 0 Å². The number of H-pyrrole nitrogens is 1. The summed E-state index contributed by atoms with van der Waals surface area (Å²) in [5, 5.41) is 26.3. The van der Waals surface area contributed by atoms with Crippen molar-refractivity contribution in [3.05, 3.63) is 77.1 Å². The molecule has 4 aromatic rings. The fourth-order valence-corrected chi connectivity index (χ4v) is 3.32. The first-order valence-electron chi connectivity index (χ1n) is 9.32. The molecule has 152 valence electrons. The Hall–Kier alpha value is -3.91. The van der Waals surface area contributed by atoms with Gasteiger partial charge in [0.25, 0.3) is 5.91 Å². The molecule has 8 heteroatoms. The van der Waals surface area contributed by atoms with Gasteiger partial charge in [0.05, 0.1) is 17.9 Å². The maximum atomic E-state index is 12.5. The summed E-state index contributed by atoms with van der Waals surface area (Å²) >= 11 is 0. The molecule has 30 heavy (non-hydrogen) atoms. The Morgan fingerprint density at radius 3 is 2.57 bits per heavy atom. The number of rotatable bonds is 6. The molecule has 0 radical (unpaired) electrons. The van der Waals surface area contributed by atoms with Crippen LogP contribution < -0.4 is 5.32 Å². The fourth-order valence-electron chi connectivity index (χ4n) is 3.32. The Morgan fingerprint density at radius 2 is 1.87 bits per heavy atom. The van der Waals surface area contributed by atoms with Crippen LogP contribution in [0.4, 0.5) is 0 Å². The van der Waals surface area contributed by atoms with Gasteiger partial charge in [-0.3, -0.25) is 9.48 Å². The molecule has 1 amide bonds. The van der Waals surface area contributed by atoms with Crippen molar-refractivity contribution >= 4 is 22.8 Å². The molecule has 0 saturated carbocycles. The second-order valence-electron chi connectivity index (χ2n) is 6.98. The minimum absolute atomic E-state index is 0.0565. The van der Waals surface area contributed by atoms with E-state index in [0.29, 0.717) is 5.69 Å². The molecule has 2 aromatic carbocycles. The van der Waals surface area contributed by atoms with Gasteiger partial charge in [-0.2, -0.15) is 5.10 Å². The van der Waals surface area contributed by atoms with Crippen molar-refractivity contribution in [3.8, 4) is 11.3 Å². The molecule has 0 atom stereocenters. The molecule has 0 aliphatic heterocycles. The third kappa shape index (κ3) is 3.81. The first-order chi connectivity index (χ1) is 14.4. The number of aryl methyl sites for hydroxylation is 1. The number of aliphatic hydroxyl groups excluding tert-OH is 1. The van der Waals surface area contributed by atoms with Crippen molar-refractivity contribution in [2.75, 3.05) is 0 Å². The molecule has 0 unspecified atom stereocenters. The van der Waals surface area contributed by atoms with Crippen LogP contribution in [0.1, 0.15) is 32.1 Å². The number of aliphatic hydroxyl groups is 1. The smallest absolute Gasteiger partial charge is 0.335 e. The zero-order valence-electron chi connectivity index (χ0n) is 16.2. The number of nitrogens with zero attached hydrogens (tertiary/aromatic N) is 2. The number of hydrogen-bond acceptors (Lipinski definition) is 4. The summed E-state index contributed by atoms with van der Waals surface area (Å²) in [5.74, 6) is -1.30. The van der Waals surface area contributed by atoms with Gasteiger partial charge in [-0.05, 0) is 42.0 Å². The highest BCUT2D eigenvalue weighted by Gasteiger charge is 2.15. The van der Waals surface area contributed by atoms with Gasteiger partial charge in [-0.1, -0.05) is 18.2 Å². The van der Waals surface area contributed by atoms with E-state index in [9.17, 15) is 14.7 Å². The molecule has 0 aliphatic rings. The second-order valence-corrected chi connectivity index (χ2v) is 6.98. The van der Waals surface area contributed by atoms with E-state index in [2.05, 4.69) is 15.4 Å². The molecule has 0 saturated heterocycles. The maximum Gasteiger partial charge on any atom is 0.335 e. The highest BCUT2D eigenvalue weighted by atomic mass is 16.4. The Balaban J connectivity index is 1.50. The lowest BCUT2D eigenvalue weighted by Crippen LogP contribution is -2.23. The summed E-state index contributed by atoms with van der Waals surface area (Å²) in [6.07, 6.45) is 0. The van der Waals surface area contributed by atoms with Crippen molar-refractivity contribution in [2.45, 2.75) is 13.2 Å². The molecule has 8 nitrogen and oxygen atoms in total. The predicted molar refractivity (Wildman–Crippen MR) is 111 cm³/mol. The van der Waals surface area contributed by atoms with Gasteiger partial charge in [-0.15, -0.1) is 0 Å². The monoisotopic (exact) mass is 404 g/mol. The zero-order valence-corrected chi connectivity index (χ0v) is 16.2. The number of carboxylic acid groups (broad SMARTS) is 1. The normalized spacial score (nSPS) is 11.0. The number of carbonyl (C=O) groups excluding carboxylic acids is 1. The Labute approximate surface area is 171 Å². The molecular weight excluding hydrogens is 384 g/mol. The van der Waals surface area contributed by atoms with E-state index in [1.54, 1.807) is 29.9 Å². The van der Waals surface area contributed by atoms with Crippen LogP contribution in [0.2, 0.25) is 0 Å². The molecule has 0 aliphatic carbocycles. The molecule has 0 spiro atoms. The summed E-state index contributed by atoms with van der Waals surface area (Å²) < 4.78 is 1.65. The van der Waals surface area contributed by atoms with Gasteiger partial charge in [0, 0.05) is 35.8 Å². The van der Waals surface area contributed by atoms with E-state index >= 15 is 0 Å². The van der Waals surface area contributed by atoms with Crippen molar-refractivity contribution in [2.24, 2.45) is 7.05 Å². The van der Waals surface area contributed by atoms with E-state index in [1.807, 2.05) is 24.3 Å². The average Bonchev–Trinajstić information content (AvgIpc) is 3.34. The summed E-state index contributed by atoms with van der Waals surface area (Å²) in [4.78, 5) is 26.6. The second kappa shape index (κ2) is 7.84. The summed E-state index contributed by atoms with van der Waals surface area (Å²) in [6, 6.07) is 15.8. The lowest BCUT2D eigenvalue weighted by atomic mass is 10.1. The predicted octanol–water partition coefficient (Wildman–Crippen LogP) is 2.69. The lowest BCUT2D eigenvalue weighted by Gasteiger charge is -2.04. The Bertz CT molecular complexity index is 1240. The van der Waals surface area contributed by atoms with Crippen LogP contribution in [0.3, 0.4) is 0 Å². The van der Waals surface area contributed by atoms with E-state index < -0.39 is 5.97 Å². The first kappa shape index (κ1) is 19.4. The Kier molecular flexibility index (Phi) is 5.07. The average molecular weight is 404 g/mol. The number of aromatic carboxylic acids is 1. The highest BCUT2D eigenvalue weighted by Crippen LogP contribution is 2.25. The lowest BCUT2D eigenvalue weighted by molar-refractivity contribution is 0.0696. The van der Waals surface area contributed by atoms with Crippen LogP contribution in [-0.2, 0) is 20.2 Å². The number of benzene rings is 2. The fraction of sp³-hybridized carbons (Fsp3) is 0.136. The summed E-state index contributed by atoms with van der Waals surface area (Å²) in [5.41, 5.74) is 4.65. The van der Waals surface area contributed by atoms with Crippen molar-refractivity contribution in [1.82, 2.24) is 20.1 Å². The van der Waals surface area contributed by atoms with Gasteiger partial charge in [0.15, 0.2) is 5.69 Å². The third-order valence-electron chi connectivity index (χ3n) is 4.91. The van der Waals surface area contributed by atoms with Crippen molar-refractivity contribution in [1.29, 1.82) is 0 Å². The van der Waals surface area contributed by atoms with Crippen LogP contribution >= 0.6 is 0 Å². The molecule has 0 fully saturated rings. The van der Waals surface area contributed by atoms with E-state index in [0.717, 1.165) is 33.4 Å². The topological polar surface area (TPSA) is 120 Å². The van der Waals surface area contributed by atoms with Gasteiger partial charge < -0.3 is 20.5 Å². The standard InChI is InChI=1S/C22H20N4O4/c1-26-20(15-6-7-18-16(8-15)9-17(12-27)24-18)10-19(25-26)21(28)23-11-13-2-4-14(5-3-13)22(29)30/h2-10,24,27H,11-12H2,1H3,(H,23,28)(H,29,30). The summed E-state index contributed by atoms with van der Waals surface area (Å²) in [6.45, 7) is 0.211. The van der Waals surface area contributed by atoms with Gasteiger partial charge >= 0.3 is 5.97 Å². The number of fused-ring (bicyclic) bond motifs is 1. The van der Waals surface area contributed by atoms with Gasteiger partial charge in [-0.25, -0.2) is 4.79 Å². The van der Waals surface area contributed by atoms with Crippen LogP contribution in [0.15, 0.2) is 54.6 Å². The Morgan fingerprint density at radius 1 is 1.10 bits per heavy atom. The largest absolute Gasteiger partial charge is 0.478 e. The highest BCUT2D eigenvalue weighted by molar-refractivity contribution is 5.94. The van der Waals surface area contributed by atoms with Crippen LogP contribution in [-0.4, -0.2) is 36.9 Å². The maximum absolute atomic E-state index is 12.5. The minimum Gasteiger partial charge on any atom is -0.478 e. The van der Waals surface area contributed by atoms with Crippen LogP contribution in [0, 0.1) is 0 Å². The van der Waals surface area contributed by atoms with E-state index in [-0.39, 0.29) is 24.6 Å². The van der Waals surface area contributed by atoms with Crippen molar-refractivity contribution in [3.63, 3.8) is 0 Å². The third-order valence-corrected chi connectivity index (χ3v) is 4.91. The molecule has 4 N–H and O–H groups in total. The summed E-state index contributed by atoms with van der Waals surface area (Å²) in [7, 11) is 1.78. The quantitative estimate of drug-likeness (QED) is 0.394. The number of carbonyl (C=O) groups is 2. The number of amides is 1. The molecule has 0 bridgehead atoms. The van der Waals surface area contributed by atoms with Crippen LogP contribution in [0.5, 0.6) is 0 Å². The molecule has 2 aromatic heterocycles.